The molecular formula is C20H15N3O4S. The smallest absolute Gasteiger partial charge is 0.339 e. The van der Waals surface area contributed by atoms with E-state index in [4.69, 9.17) is 15.3 Å². The number of phenols is 1. The molecule has 0 amide bonds. The fourth-order valence-corrected chi connectivity index (χ4v) is 3.14. The molecule has 1 aromatic heterocycles. The van der Waals surface area contributed by atoms with Crippen LogP contribution in [-0.4, -0.2) is 40.4 Å². The first-order valence-corrected chi connectivity index (χ1v) is 8.90. The molecular weight excluding hydrogens is 378 g/mol. The van der Waals surface area contributed by atoms with Crippen molar-refractivity contribution in [3.05, 3.63) is 58.4 Å². The fourth-order valence-electron chi connectivity index (χ4n) is 2.35. The Labute approximate surface area is 164 Å². The number of carboxylic acid groups (broad SMARTS) is 1. The van der Waals surface area contributed by atoms with Crippen molar-refractivity contribution in [3.63, 3.8) is 0 Å². The molecule has 3 aromatic rings. The van der Waals surface area contributed by atoms with Gasteiger partial charge in [0.05, 0.1) is 24.1 Å². The van der Waals surface area contributed by atoms with Crippen molar-refractivity contribution >= 4 is 40.7 Å². The van der Waals surface area contributed by atoms with Gasteiger partial charge < -0.3 is 14.9 Å². The van der Waals surface area contributed by atoms with Gasteiger partial charge in [-0.25, -0.2) is 9.78 Å². The molecule has 28 heavy (non-hydrogen) atoms. The zero-order valence-corrected chi connectivity index (χ0v) is 15.5. The Bertz CT molecular complexity index is 1100. The molecule has 0 aliphatic carbocycles. The molecule has 0 unspecified atom stereocenters. The van der Waals surface area contributed by atoms with E-state index < -0.39 is 5.97 Å². The first-order chi connectivity index (χ1) is 13.5. The molecule has 3 rings (SSSR count). The number of aromatic nitrogens is 1. The molecule has 8 heteroatoms. The molecule has 3 N–H and O–H groups in total. The van der Waals surface area contributed by atoms with Gasteiger partial charge in [0.1, 0.15) is 22.1 Å². The van der Waals surface area contributed by atoms with Gasteiger partial charge >= 0.3 is 5.97 Å². The van der Waals surface area contributed by atoms with Crippen LogP contribution < -0.4 is 4.74 Å². The van der Waals surface area contributed by atoms with Gasteiger partial charge in [0.15, 0.2) is 0 Å². The summed E-state index contributed by atoms with van der Waals surface area (Å²) < 4.78 is 5.14. The highest BCUT2D eigenvalue weighted by Gasteiger charge is 2.11. The predicted octanol–water partition coefficient (Wildman–Crippen LogP) is 4.26. The van der Waals surface area contributed by atoms with Crippen molar-refractivity contribution in [2.75, 3.05) is 7.11 Å². The number of aromatic hydroxyl groups is 1. The molecule has 0 radical (unpaired) electrons. The number of methoxy groups -OCH3 is 1. The third kappa shape index (κ3) is 4.15. The van der Waals surface area contributed by atoms with Gasteiger partial charge in [0, 0.05) is 17.2 Å². The summed E-state index contributed by atoms with van der Waals surface area (Å²) in [6, 6.07) is 11.5. The van der Waals surface area contributed by atoms with Crippen LogP contribution in [0.1, 0.15) is 15.4 Å². The van der Waals surface area contributed by atoms with E-state index in [9.17, 15) is 9.90 Å². The number of aliphatic imine (C=N–C) groups is 1. The second-order valence-corrected chi connectivity index (χ2v) is 6.43. The average molecular weight is 393 g/mol. The van der Waals surface area contributed by atoms with Gasteiger partial charge in [-0.3, -0.25) is 10.4 Å². The van der Waals surface area contributed by atoms with E-state index >= 15 is 0 Å². The molecule has 0 spiro atoms. The summed E-state index contributed by atoms with van der Waals surface area (Å²) >= 11 is 1.35. The van der Waals surface area contributed by atoms with Gasteiger partial charge in [-0.1, -0.05) is 0 Å². The summed E-state index contributed by atoms with van der Waals surface area (Å²) in [5, 5.41) is 28.6. The molecule has 0 bridgehead atoms. The maximum absolute atomic E-state index is 11.1. The zero-order chi connectivity index (χ0) is 20.1. The van der Waals surface area contributed by atoms with Crippen molar-refractivity contribution in [1.82, 2.24) is 4.98 Å². The number of nitrogens with one attached hydrogen (secondary N) is 1. The minimum atomic E-state index is -1.25. The van der Waals surface area contributed by atoms with Crippen molar-refractivity contribution < 1.29 is 19.7 Å². The van der Waals surface area contributed by atoms with Crippen LogP contribution >= 0.6 is 11.3 Å². The van der Waals surface area contributed by atoms with Gasteiger partial charge in [-0.2, -0.15) is 0 Å². The fraction of sp³-hybridized carbons (Fsp3) is 0.0500. The van der Waals surface area contributed by atoms with Crippen LogP contribution in [0.4, 0.5) is 5.69 Å². The zero-order valence-electron chi connectivity index (χ0n) is 14.7. The number of thiazole rings is 1. The van der Waals surface area contributed by atoms with E-state index in [1.807, 2.05) is 29.6 Å². The quantitative estimate of drug-likeness (QED) is 0.541. The Hall–Kier alpha value is -3.74. The predicted molar refractivity (Wildman–Crippen MR) is 108 cm³/mol. The summed E-state index contributed by atoms with van der Waals surface area (Å²) in [5.74, 6) is 1.47. The van der Waals surface area contributed by atoms with E-state index in [2.05, 4.69) is 15.8 Å². The normalized spacial score (nSPS) is 10.6. The van der Waals surface area contributed by atoms with Gasteiger partial charge in [-0.05, 0) is 48.3 Å². The number of carbonyl (C=O) groups is 1. The monoisotopic (exact) mass is 393 g/mol. The van der Waals surface area contributed by atoms with Crippen molar-refractivity contribution in [2.45, 2.75) is 0 Å². The summed E-state index contributed by atoms with van der Waals surface area (Å²) in [6.45, 7) is 0. The lowest BCUT2D eigenvalue weighted by molar-refractivity contribution is 0.0694. The summed E-state index contributed by atoms with van der Waals surface area (Å²) in [7, 11) is 1.60. The van der Waals surface area contributed by atoms with Crippen LogP contribution in [-0.2, 0) is 0 Å². The Balaban J connectivity index is 1.84. The summed E-state index contributed by atoms with van der Waals surface area (Å²) in [5.41, 5.74) is 2.10. The summed E-state index contributed by atoms with van der Waals surface area (Å²) in [6.07, 6.45) is 1.39. The molecule has 0 aliphatic rings. The molecule has 1 heterocycles. The minimum absolute atomic E-state index is 0.244. The lowest BCUT2D eigenvalue weighted by Gasteiger charge is -2.01. The molecule has 140 valence electrons. The second-order valence-electron chi connectivity index (χ2n) is 5.57. The topological polar surface area (TPSA) is 116 Å². The highest BCUT2D eigenvalue weighted by Crippen LogP contribution is 2.27. The number of carboxylic acids is 1. The molecule has 0 saturated carbocycles. The standard InChI is InChI=1S/C20H15N3O4S/c1-27-15-5-2-12(3-6-15)17-11-28-19(23-17)13(9-21)10-22-14-4-7-18(24)16(8-14)20(25)26/h2-8,10-11,21,24H,1H3,(H,25,26). The molecule has 2 aromatic carbocycles. The number of hydrogen-bond donors (Lipinski definition) is 3. The van der Waals surface area contributed by atoms with Gasteiger partial charge in [-0.15, -0.1) is 11.3 Å². The SMILES string of the molecule is COc1ccc(-c2csc(C(=C=N)C=Nc3ccc(O)c(C(=O)O)c3)n2)cc1. The molecule has 0 atom stereocenters. The number of nitrogens with zero attached hydrogens (tertiary/aromatic N) is 2. The maximum Gasteiger partial charge on any atom is 0.339 e. The highest BCUT2D eigenvalue weighted by molar-refractivity contribution is 7.11. The van der Waals surface area contributed by atoms with E-state index in [1.54, 1.807) is 7.11 Å². The molecule has 0 aliphatic heterocycles. The third-order valence-corrected chi connectivity index (χ3v) is 4.68. The van der Waals surface area contributed by atoms with Crippen LogP contribution in [0.15, 0.2) is 52.8 Å². The lowest BCUT2D eigenvalue weighted by atomic mass is 10.1. The van der Waals surface area contributed by atoms with Crippen LogP contribution in [0.3, 0.4) is 0 Å². The Morgan fingerprint density at radius 3 is 2.68 bits per heavy atom. The van der Waals surface area contributed by atoms with E-state index in [0.717, 1.165) is 17.0 Å². The van der Waals surface area contributed by atoms with E-state index in [-0.39, 0.29) is 11.3 Å². The first-order valence-electron chi connectivity index (χ1n) is 8.02. The number of aromatic carboxylic acids is 1. The van der Waals surface area contributed by atoms with Crippen LogP contribution in [0.25, 0.3) is 16.8 Å². The molecule has 0 fully saturated rings. The Morgan fingerprint density at radius 2 is 2.04 bits per heavy atom. The average Bonchev–Trinajstić information content (AvgIpc) is 3.19. The van der Waals surface area contributed by atoms with Gasteiger partial charge in [0.2, 0.25) is 0 Å². The van der Waals surface area contributed by atoms with Crippen LogP contribution in [0, 0.1) is 5.41 Å². The van der Waals surface area contributed by atoms with E-state index in [1.165, 1.54) is 35.8 Å². The van der Waals surface area contributed by atoms with E-state index in [0.29, 0.717) is 16.3 Å². The lowest BCUT2D eigenvalue weighted by Crippen LogP contribution is -1.96. The molecule has 7 nitrogen and oxygen atoms in total. The number of benzene rings is 2. The number of allylic oxidation sites excluding steroid dienone is 1. The molecule has 0 saturated heterocycles. The number of hydrogen-bond acceptors (Lipinski definition) is 7. The first kappa shape index (κ1) is 19.0. The third-order valence-electron chi connectivity index (χ3n) is 3.81. The summed E-state index contributed by atoms with van der Waals surface area (Å²) in [4.78, 5) is 19.8. The highest BCUT2D eigenvalue weighted by atomic mass is 32.1. The second kappa shape index (κ2) is 8.30. The Morgan fingerprint density at radius 1 is 1.29 bits per heavy atom. The maximum atomic E-state index is 11.1. The van der Waals surface area contributed by atoms with Crippen molar-refractivity contribution in [3.8, 4) is 22.8 Å². The van der Waals surface area contributed by atoms with Crippen molar-refractivity contribution in [1.29, 1.82) is 5.41 Å². The Kier molecular flexibility index (Phi) is 5.64. The largest absolute Gasteiger partial charge is 0.507 e. The van der Waals surface area contributed by atoms with Gasteiger partial charge in [0.25, 0.3) is 0 Å². The van der Waals surface area contributed by atoms with Crippen molar-refractivity contribution in [2.24, 2.45) is 4.99 Å². The minimum Gasteiger partial charge on any atom is -0.507 e. The number of ether oxygens (including phenoxy) is 1. The van der Waals surface area contributed by atoms with Crippen LogP contribution in [0.2, 0.25) is 0 Å². The van der Waals surface area contributed by atoms with Crippen LogP contribution in [0.5, 0.6) is 11.5 Å². The number of rotatable bonds is 6.